The molecule has 4 nitrogen and oxygen atoms in total. The molecule has 0 heterocycles. The second-order valence-electron chi connectivity index (χ2n) is 10.2. The maximum absolute atomic E-state index is 13.1. The SMILES string of the molecule is CC(C)C1=C[C@]23CC[C@H]4[C@H](CCC[C@H]4C(=O)O)[C@@H]2C[C@@H]1[C@H]1C(=O)C=CC(=O)[C@H]13. The van der Waals surface area contributed by atoms with E-state index in [-0.39, 0.29) is 46.6 Å². The average Bonchev–Trinajstić information content (AvgIpc) is 2.68. The van der Waals surface area contributed by atoms with E-state index in [1.54, 1.807) is 0 Å². The standard InChI is InChI=1S/C24H30O4/c1-12(2)17-11-24-9-8-13-14(4-3-5-15(13)23(27)28)18(24)10-16(17)21-19(25)6-7-20(26)22(21)24/h6-7,11-16,18,21-22H,3-5,8-10H2,1-2H3,(H,27,28)/t13-,14-,15+,16-,18-,21-,22+,24+/m0/s1. The van der Waals surface area contributed by atoms with Gasteiger partial charge < -0.3 is 5.11 Å². The molecule has 0 amide bonds. The zero-order valence-electron chi connectivity index (χ0n) is 16.8. The molecule has 0 unspecified atom stereocenters. The number of aliphatic carboxylic acids is 1. The lowest BCUT2D eigenvalue weighted by molar-refractivity contribution is -0.164. The topological polar surface area (TPSA) is 71.4 Å². The molecule has 3 fully saturated rings. The third-order valence-corrected chi connectivity index (χ3v) is 9.01. The van der Waals surface area contributed by atoms with Gasteiger partial charge in [0.1, 0.15) is 0 Å². The molecule has 4 heteroatoms. The predicted octanol–water partition coefficient (Wildman–Crippen LogP) is 4.06. The fourth-order valence-corrected chi connectivity index (χ4v) is 8.10. The van der Waals surface area contributed by atoms with Gasteiger partial charge in [-0.05, 0) is 73.8 Å². The van der Waals surface area contributed by atoms with E-state index in [2.05, 4.69) is 19.9 Å². The van der Waals surface area contributed by atoms with Gasteiger partial charge in [-0.25, -0.2) is 0 Å². The number of carboxylic acid groups (broad SMARTS) is 1. The molecule has 0 aliphatic heterocycles. The van der Waals surface area contributed by atoms with Crippen LogP contribution in [-0.2, 0) is 14.4 Å². The molecule has 0 aromatic rings. The summed E-state index contributed by atoms with van der Waals surface area (Å²) in [6.07, 6.45) is 11.0. The Morgan fingerprint density at radius 3 is 2.57 bits per heavy atom. The first-order chi connectivity index (χ1) is 13.3. The first-order valence-electron chi connectivity index (χ1n) is 11.1. The van der Waals surface area contributed by atoms with Crippen LogP contribution in [0.1, 0.15) is 52.4 Å². The molecule has 0 aromatic carbocycles. The number of ketones is 2. The maximum atomic E-state index is 13.1. The van der Waals surface area contributed by atoms with Crippen LogP contribution in [0, 0.1) is 52.8 Å². The summed E-state index contributed by atoms with van der Waals surface area (Å²) in [7, 11) is 0. The Morgan fingerprint density at radius 2 is 1.86 bits per heavy atom. The number of hydrogen-bond acceptors (Lipinski definition) is 3. The van der Waals surface area contributed by atoms with Crippen LogP contribution in [0.15, 0.2) is 23.8 Å². The number of carbonyl (C=O) groups excluding carboxylic acids is 2. The van der Waals surface area contributed by atoms with Crippen LogP contribution in [0.2, 0.25) is 0 Å². The monoisotopic (exact) mass is 382 g/mol. The third-order valence-electron chi connectivity index (χ3n) is 9.01. The zero-order chi connectivity index (χ0) is 19.8. The Morgan fingerprint density at radius 1 is 1.11 bits per heavy atom. The Kier molecular flexibility index (Phi) is 4.02. The van der Waals surface area contributed by atoms with Crippen molar-refractivity contribution < 1.29 is 19.5 Å². The van der Waals surface area contributed by atoms with Crippen LogP contribution in [0.5, 0.6) is 0 Å². The first kappa shape index (κ1) is 18.3. The first-order valence-corrected chi connectivity index (χ1v) is 11.1. The van der Waals surface area contributed by atoms with E-state index in [1.165, 1.54) is 17.7 Å². The van der Waals surface area contributed by atoms with Gasteiger partial charge in [-0.3, -0.25) is 14.4 Å². The molecule has 1 N–H and O–H groups in total. The summed E-state index contributed by atoms with van der Waals surface area (Å²) in [5, 5.41) is 9.76. The molecule has 6 aliphatic carbocycles. The van der Waals surface area contributed by atoms with Gasteiger partial charge in [0.05, 0.1) is 5.92 Å². The minimum atomic E-state index is -0.644. The lowest BCUT2D eigenvalue weighted by atomic mass is 9.38. The molecule has 6 rings (SSSR count). The molecular weight excluding hydrogens is 352 g/mol. The summed E-state index contributed by atoms with van der Waals surface area (Å²) >= 11 is 0. The van der Waals surface area contributed by atoms with Crippen molar-refractivity contribution in [3.8, 4) is 0 Å². The van der Waals surface area contributed by atoms with Crippen LogP contribution in [0.3, 0.4) is 0 Å². The van der Waals surface area contributed by atoms with Gasteiger partial charge in [0, 0.05) is 17.3 Å². The molecule has 3 saturated carbocycles. The summed E-state index contributed by atoms with van der Waals surface area (Å²) in [5.74, 6) is 0.482. The molecule has 0 radical (unpaired) electrons. The largest absolute Gasteiger partial charge is 0.481 e. The second-order valence-corrected chi connectivity index (χ2v) is 10.2. The molecule has 2 bridgehead atoms. The van der Waals surface area contributed by atoms with Crippen LogP contribution >= 0.6 is 0 Å². The summed E-state index contributed by atoms with van der Waals surface area (Å²) in [6, 6.07) is 0. The van der Waals surface area contributed by atoms with Crippen molar-refractivity contribution in [1.82, 2.24) is 0 Å². The van der Waals surface area contributed by atoms with Crippen LogP contribution in [0.4, 0.5) is 0 Å². The second kappa shape index (κ2) is 6.14. The van der Waals surface area contributed by atoms with E-state index in [0.29, 0.717) is 17.8 Å². The van der Waals surface area contributed by atoms with Gasteiger partial charge in [0.2, 0.25) is 0 Å². The minimum Gasteiger partial charge on any atom is -0.481 e. The fourth-order valence-electron chi connectivity index (χ4n) is 8.10. The highest BCUT2D eigenvalue weighted by molar-refractivity contribution is 6.08. The molecule has 150 valence electrons. The van der Waals surface area contributed by atoms with Crippen molar-refractivity contribution in [3.05, 3.63) is 23.8 Å². The quantitative estimate of drug-likeness (QED) is 0.731. The van der Waals surface area contributed by atoms with Gasteiger partial charge in [-0.1, -0.05) is 31.9 Å². The highest BCUT2D eigenvalue weighted by Crippen LogP contribution is 2.69. The van der Waals surface area contributed by atoms with E-state index >= 15 is 0 Å². The van der Waals surface area contributed by atoms with Crippen molar-refractivity contribution in [2.75, 3.05) is 0 Å². The highest BCUT2D eigenvalue weighted by atomic mass is 16.4. The molecule has 6 aliphatic rings. The van der Waals surface area contributed by atoms with E-state index in [4.69, 9.17) is 0 Å². The number of hydrogen-bond donors (Lipinski definition) is 1. The summed E-state index contributed by atoms with van der Waals surface area (Å²) in [5.41, 5.74) is 1.14. The van der Waals surface area contributed by atoms with Crippen LogP contribution in [0.25, 0.3) is 0 Å². The Hall–Kier alpha value is -1.71. The number of fused-ring (bicyclic) bond motifs is 1. The highest BCUT2D eigenvalue weighted by Gasteiger charge is 2.66. The number of carbonyl (C=O) groups is 3. The third kappa shape index (κ3) is 2.26. The van der Waals surface area contributed by atoms with Gasteiger partial charge in [0.15, 0.2) is 11.6 Å². The molecule has 0 saturated heterocycles. The summed E-state index contributed by atoms with van der Waals surface area (Å²) in [4.78, 5) is 37.8. The lowest BCUT2D eigenvalue weighted by Crippen LogP contribution is -2.62. The maximum Gasteiger partial charge on any atom is 0.306 e. The minimum absolute atomic E-state index is 0.127. The van der Waals surface area contributed by atoms with Crippen molar-refractivity contribution in [2.45, 2.75) is 52.4 Å². The van der Waals surface area contributed by atoms with Crippen LogP contribution < -0.4 is 0 Å². The normalized spacial score (nSPS) is 46.7. The van der Waals surface area contributed by atoms with Gasteiger partial charge >= 0.3 is 5.97 Å². The average molecular weight is 383 g/mol. The number of allylic oxidation sites excluding steroid dienone is 4. The van der Waals surface area contributed by atoms with Crippen molar-refractivity contribution in [2.24, 2.45) is 52.8 Å². The Labute approximate surface area is 166 Å². The fraction of sp³-hybridized carbons (Fsp3) is 0.708. The summed E-state index contributed by atoms with van der Waals surface area (Å²) < 4.78 is 0. The number of carboxylic acids is 1. The molecule has 0 aromatic heterocycles. The number of rotatable bonds is 2. The van der Waals surface area contributed by atoms with E-state index in [1.807, 2.05) is 0 Å². The van der Waals surface area contributed by atoms with Crippen molar-refractivity contribution in [1.29, 1.82) is 0 Å². The van der Waals surface area contributed by atoms with Crippen molar-refractivity contribution in [3.63, 3.8) is 0 Å². The van der Waals surface area contributed by atoms with Crippen molar-refractivity contribution >= 4 is 17.5 Å². The Bertz CT molecular complexity index is 805. The Balaban J connectivity index is 1.62. The summed E-state index contributed by atoms with van der Waals surface area (Å²) in [6.45, 7) is 4.40. The van der Waals surface area contributed by atoms with E-state index < -0.39 is 5.97 Å². The van der Waals surface area contributed by atoms with Gasteiger partial charge in [0.25, 0.3) is 0 Å². The van der Waals surface area contributed by atoms with E-state index in [0.717, 1.165) is 38.5 Å². The van der Waals surface area contributed by atoms with E-state index in [9.17, 15) is 19.5 Å². The molecule has 28 heavy (non-hydrogen) atoms. The molecule has 8 atom stereocenters. The smallest absolute Gasteiger partial charge is 0.306 e. The lowest BCUT2D eigenvalue weighted by Gasteiger charge is -2.65. The zero-order valence-corrected chi connectivity index (χ0v) is 16.8. The molecule has 1 spiro atoms. The predicted molar refractivity (Wildman–Crippen MR) is 104 cm³/mol. The van der Waals surface area contributed by atoms with Gasteiger partial charge in [-0.15, -0.1) is 0 Å². The van der Waals surface area contributed by atoms with Gasteiger partial charge in [-0.2, -0.15) is 0 Å². The van der Waals surface area contributed by atoms with Crippen LogP contribution in [-0.4, -0.2) is 22.6 Å². The molecular formula is C24H30O4.